The maximum atomic E-state index is 11.2. The fourth-order valence-electron chi connectivity index (χ4n) is 3.02. The summed E-state index contributed by atoms with van der Waals surface area (Å²) < 4.78 is 0. The molecule has 1 heterocycles. The van der Waals surface area contributed by atoms with E-state index in [0.29, 0.717) is 0 Å². The van der Waals surface area contributed by atoms with Crippen LogP contribution in [0, 0.1) is 0 Å². The zero-order chi connectivity index (χ0) is 10.7. The Hall–Kier alpha value is -0.770. The highest BCUT2D eigenvalue weighted by Crippen LogP contribution is 2.37. The topological polar surface area (TPSA) is 52.6 Å². The molecule has 1 amide bonds. The van der Waals surface area contributed by atoms with Crippen molar-refractivity contribution in [2.45, 2.75) is 56.9 Å². The minimum absolute atomic E-state index is 0.0966. The lowest BCUT2D eigenvalue weighted by atomic mass is 9.83. The molecule has 86 valence electrons. The smallest absolute Gasteiger partial charge is 0.422 e. The summed E-state index contributed by atoms with van der Waals surface area (Å²) in [5.41, 5.74) is 2.94. The van der Waals surface area contributed by atoms with Crippen LogP contribution in [0.5, 0.6) is 0 Å². The predicted molar refractivity (Wildman–Crippen MR) is 57.5 cm³/mol. The van der Waals surface area contributed by atoms with E-state index in [4.69, 9.17) is 0 Å². The van der Waals surface area contributed by atoms with Gasteiger partial charge < -0.3 is 5.11 Å². The van der Waals surface area contributed by atoms with Crippen LogP contribution in [0.25, 0.3) is 0 Å². The van der Waals surface area contributed by atoms with E-state index >= 15 is 0 Å². The van der Waals surface area contributed by atoms with E-state index < -0.39 is 6.09 Å². The molecule has 1 saturated heterocycles. The summed E-state index contributed by atoms with van der Waals surface area (Å²) in [6.45, 7) is 0.800. The van der Waals surface area contributed by atoms with Crippen molar-refractivity contribution in [2.75, 3.05) is 6.54 Å². The Bertz CT molecular complexity index is 235. The van der Waals surface area contributed by atoms with Gasteiger partial charge in [0.15, 0.2) is 0 Å². The molecular weight excluding hydrogens is 192 g/mol. The van der Waals surface area contributed by atoms with Crippen molar-refractivity contribution in [1.82, 2.24) is 10.4 Å². The van der Waals surface area contributed by atoms with Gasteiger partial charge in [0.25, 0.3) is 0 Å². The standard InChI is InChI=1S/C11H20N2O2/c14-10(15)13-11(8-5-9-12-13)6-3-1-2-4-7-11/h12H,1-9H2,(H,14,15). The molecule has 2 N–H and O–H groups in total. The molecule has 0 aromatic carbocycles. The molecule has 2 aliphatic rings. The number of hydrazine groups is 1. The van der Waals surface area contributed by atoms with Gasteiger partial charge in [-0.1, -0.05) is 25.7 Å². The van der Waals surface area contributed by atoms with E-state index in [0.717, 1.165) is 32.2 Å². The largest absolute Gasteiger partial charge is 0.464 e. The molecule has 0 radical (unpaired) electrons. The second kappa shape index (κ2) is 4.39. The number of rotatable bonds is 0. The first-order valence-corrected chi connectivity index (χ1v) is 6.01. The van der Waals surface area contributed by atoms with E-state index in [9.17, 15) is 9.90 Å². The molecule has 1 saturated carbocycles. The third-order valence-electron chi connectivity index (χ3n) is 3.79. The van der Waals surface area contributed by atoms with Crippen LogP contribution in [0.4, 0.5) is 4.79 Å². The van der Waals surface area contributed by atoms with Gasteiger partial charge in [0, 0.05) is 6.54 Å². The third kappa shape index (κ3) is 2.09. The number of carboxylic acid groups (broad SMARTS) is 1. The average molecular weight is 212 g/mol. The Morgan fingerprint density at radius 2 is 1.67 bits per heavy atom. The molecule has 2 fully saturated rings. The van der Waals surface area contributed by atoms with Crippen LogP contribution in [-0.2, 0) is 0 Å². The maximum Gasteiger partial charge on any atom is 0.422 e. The first kappa shape index (κ1) is 10.7. The van der Waals surface area contributed by atoms with Gasteiger partial charge in [-0.2, -0.15) is 0 Å². The molecular formula is C11H20N2O2. The van der Waals surface area contributed by atoms with Gasteiger partial charge >= 0.3 is 6.09 Å². The number of nitrogens with one attached hydrogen (secondary N) is 1. The van der Waals surface area contributed by atoms with Crippen LogP contribution in [0.15, 0.2) is 0 Å². The van der Waals surface area contributed by atoms with Crippen molar-refractivity contribution in [1.29, 1.82) is 0 Å². The molecule has 4 heteroatoms. The van der Waals surface area contributed by atoms with Crippen molar-refractivity contribution in [2.24, 2.45) is 0 Å². The van der Waals surface area contributed by atoms with Gasteiger partial charge in [-0.3, -0.25) is 0 Å². The summed E-state index contributed by atoms with van der Waals surface area (Å²) in [5, 5.41) is 10.7. The van der Waals surface area contributed by atoms with Crippen molar-refractivity contribution in [3.05, 3.63) is 0 Å². The highest BCUT2D eigenvalue weighted by molar-refractivity contribution is 5.65. The molecule has 1 aliphatic heterocycles. The molecule has 2 rings (SSSR count). The van der Waals surface area contributed by atoms with Crippen LogP contribution < -0.4 is 5.43 Å². The van der Waals surface area contributed by atoms with Crippen LogP contribution in [-0.4, -0.2) is 28.3 Å². The minimum Gasteiger partial charge on any atom is -0.464 e. The van der Waals surface area contributed by atoms with E-state index in [1.54, 1.807) is 0 Å². The van der Waals surface area contributed by atoms with Gasteiger partial charge in [-0.05, 0) is 25.7 Å². The lowest BCUT2D eigenvalue weighted by Crippen LogP contribution is -2.61. The Morgan fingerprint density at radius 1 is 1.07 bits per heavy atom. The van der Waals surface area contributed by atoms with Crippen LogP contribution in [0.1, 0.15) is 51.4 Å². The zero-order valence-electron chi connectivity index (χ0n) is 9.17. The number of nitrogens with zero attached hydrogens (tertiary/aromatic N) is 1. The quantitative estimate of drug-likeness (QED) is 0.648. The van der Waals surface area contributed by atoms with E-state index in [2.05, 4.69) is 5.43 Å². The van der Waals surface area contributed by atoms with Crippen molar-refractivity contribution < 1.29 is 9.90 Å². The summed E-state index contributed by atoms with van der Waals surface area (Å²) in [6.07, 6.45) is 8.26. The number of hydrogen-bond donors (Lipinski definition) is 2. The number of hydrogen-bond acceptors (Lipinski definition) is 2. The Balaban J connectivity index is 2.15. The zero-order valence-corrected chi connectivity index (χ0v) is 9.17. The highest BCUT2D eigenvalue weighted by atomic mass is 16.4. The van der Waals surface area contributed by atoms with Crippen molar-refractivity contribution in [3.63, 3.8) is 0 Å². The lowest BCUT2D eigenvalue weighted by molar-refractivity contribution is -0.000374. The molecule has 4 nitrogen and oxygen atoms in total. The highest BCUT2D eigenvalue weighted by Gasteiger charge is 2.41. The van der Waals surface area contributed by atoms with Crippen molar-refractivity contribution in [3.8, 4) is 0 Å². The summed E-state index contributed by atoms with van der Waals surface area (Å²) in [4.78, 5) is 11.2. The second-order valence-electron chi connectivity index (χ2n) is 4.77. The number of carbonyl (C=O) groups is 1. The van der Waals surface area contributed by atoms with Gasteiger partial charge in [0.05, 0.1) is 5.54 Å². The van der Waals surface area contributed by atoms with Gasteiger partial charge in [-0.25, -0.2) is 15.2 Å². The van der Waals surface area contributed by atoms with E-state index in [-0.39, 0.29) is 5.54 Å². The predicted octanol–water partition coefficient (Wildman–Crippen LogP) is 2.36. The number of amides is 1. The van der Waals surface area contributed by atoms with Crippen molar-refractivity contribution >= 4 is 6.09 Å². The second-order valence-corrected chi connectivity index (χ2v) is 4.77. The Labute approximate surface area is 90.6 Å². The molecule has 1 aliphatic carbocycles. The van der Waals surface area contributed by atoms with Gasteiger partial charge in [0.2, 0.25) is 0 Å². The maximum absolute atomic E-state index is 11.2. The third-order valence-corrected chi connectivity index (χ3v) is 3.79. The minimum atomic E-state index is -0.809. The average Bonchev–Trinajstić information content (AvgIpc) is 2.45. The van der Waals surface area contributed by atoms with E-state index in [1.165, 1.54) is 30.7 Å². The lowest BCUT2D eigenvalue weighted by Gasteiger charge is -2.45. The Kier molecular flexibility index (Phi) is 3.14. The van der Waals surface area contributed by atoms with Gasteiger partial charge in [-0.15, -0.1) is 0 Å². The fourth-order valence-corrected chi connectivity index (χ4v) is 3.02. The van der Waals surface area contributed by atoms with Gasteiger partial charge in [0.1, 0.15) is 0 Å². The molecule has 0 aromatic heterocycles. The molecule has 0 aromatic rings. The molecule has 0 bridgehead atoms. The fraction of sp³-hybridized carbons (Fsp3) is 0.909. The summed E-state index contributed by atoms with van der Waals surface area (Å²) >= 11 is 0. The monoisotopic (exact) mass is 212 g/mol. The Morgan fingerprint density at radius 3 is 2.27 bits per heavy atom. The first-order valence-electron chi connectivity index (χ1n) is 6.01. The molecule has 0 atom stereocenters. The van der Waals surface area contributed by atoms with E-state index in [1.807, 2.05) is 0 Å². The summed E-state index contributed by atoms with van der Waals surface area (Å²) in [7, 11) is 0. The molecule has 1 spiro atoms. The van der Waals surface area contributed by atoms with Crippen LogP contribution in [0.3, 0.4) is 0 Å². The molecule has 0 unspecified atom stereocenters. The summed E-state index contributed by atoms with van der Waals surface area (Å²) in [5.74, 6) is 0. The van der Waals surface area contributed by atoms with Crippen LogP contribution >= 0.6 is 0 Å². The summed E-state index contributed by atoms with van der Waals surface area (Å²) in [6, 6.07) is 0. The SMILES string of the molecule is O=C(O)N1NCCCC12CCCCCC2. The normalized spacial score (nSPS) is 26.3. The first-order chi connectivity index (χ1) is 7.25. The molecule has 15 heavy (non-hydrogen) atoms. The van der Waals surface area contributed by atoms with Crippen LogP contribution in [0.2, 0.25) is 0 Å².